The number of nitrogens with zero attached hydrogens (tertiary/aromatic N) is 2. The maximum Gasteiger partial charge on any atom is 0.271 e. The van der Waals surface area contributed by atoms with Crippen LogP contribution in [0.15, 0.2) is 12.5 Å². The number of nitrogens with two attached hydrogens (primary N) is 1. The second-order valence-electron chi connectivity index (χ2n) is 2.36. The first kappa shape index (κ1) is 8.73. The second-order valence-corrected chi connectivity index (χ2v) is 2.36. The molecule has 0 aromatic carbocycles. The molecular weight excluding hydrogens is 156 g/mol. The molecule has 12 heavy (non-hydrogen) atoms. The second kappa shape index (κ2) is 3.87. The molecule has 66 valence electrons. The summed E-state index contributed by atoms with van der Waals surface area (Å²) in [7, 11) is 1.57. The molecule has 0 saturated heterocycles. The average molecular weight is 168 g/mol. The Balaban J connectivity index is 2.70. The molecule has 0 spiro atoms. The molecule has 0 aliphatic heterocycles. The van der Waals surface area contributed by atoms with Crippen molar-refractivity contribution in [3.63, 3.8) is 0 Å². The summed E-state index contributed by atoms with van der Waals surface area (Å²) in [5, 5.41) is 2.49. The SMILES string of the molecule is CNC(=O)c1cn(CCN)cn1. The third-order valence-corrected chi connectivity index (χ3v) is 1.48. The standard InChI is InChI=1S/C7H12N4O/c1-9-7(12)6-4-11(3-2-8)5-10-6/h4-5H,2-3,8H2,1H3,(H,9,12). The minimum atomic E-state index is -0.175. The molecule has 1 rings (SSSR count). The molecule has 5 nitrogen and oxygen atoms in total. The number of rotatable bonds is 3. The molecule has 0 fully saturated rings. The molecule has 0 saturated carbocycles. The molecule has 3 N–H and O–H groups in total. The Labute approximate surface area is 70.6 Å². The van der Waals surface area contributed by atoms with Crippen LogP contribution in [0.25, 0.3) is 0 Å². The molecule has 1 heterocycles. The Morgan fingerprint density at radius 2 is 2.58 bits per heavy atom. The predicted molar refractivity (Wildman–Crippen MR) is 44.7 cm³/mol. The molecule has 0 aliphatic rings. The van der Waals surface area contributed by atoms with Gasteiger partial charge >= 0.3 is 0 Å². The van der Waals surface area contributed by atoms with E-state index in [0.717, 1.165) is 0 Å². The van der Waals surface area contributed by atoms with Crippen molar-refractivity contribution in [1.82, 2.24) is 14.9 Å². The Morgan fingerprint density at radius 3 is 3.17 bits per heavy atom. The van der Waals surface area contributed by atoms with Gasteiger partial charge in [0.05, 0.1) is 6.33 Å². The van der Waals surface area contributed by atoms with E-state index in [1.54, 1.807) is 24.1 Å². The van der Waals surface area contributed by atoms with E-state index in [0.29, 0.717) is 18.8 Å². The minimum Gasteiger partial charge on any atom is -0.354 e. The lowest BCUT2D eigenvalue weighted by Crippen LogP contribution is -2.18. The van der Waals surface area contributed by atoms with Crippen LogP contribution < -0.4 is 11.1 Å². The largest absolute Gasteiger partial charge is 0.354 e. The lowest BCUT2D eigenvalue weighted by atomic mass is 10.4. The normalized spacial score (nSPS) is 9.83. The molecule has 1 aromatic heterocycles. The quantitative estimate of drug-likeness (QED) is 0.620. The van der Waals surface area contributed by atoms with E-state index in [2.05, 4.69) is 10.3 Å². The van der Waals surface area contributed by atoms with E-state index in [1.807, 2.05) is 0 Å². The molecule has 1 amide bonds. The molecule has 1 aromatic rings. The van der Waals surface area contributed by atoms with Crippen LogP contribution in [0, 0.1) is 0 Å². The van der Waals surface area contributed by atoms with Crippen LogP contribution in [0.4, 0.5) is 0 Å². The van der Waals surface area contributed by atoms with E-state index < -0.39 is 0 Å². The molecule has 5 heteroatoms. The summed E-state index contributed by atoms with van der Waals surface area (Å²) in [4.78, 5) is 14.9. The first-order valence-corrected chi connectivity index (χ1v) is 3.72. The van der Waals surface area contributed by atoms with Crippen molar-refractivity contribution >= 4 is 5.91 Å². The van der Waals surface area contributed by atoms with Gasteiger partial charge in [-0.3, -0.25) is 4.79 Å². The highest BCUT2D eigenvalue weighted by molar-refractivity contribution is 5.91. The fourth-order valence-corrected chi connectivity index (χ4v) is 0.877. The van der Waals surface area contributed by atoms with Crippen LogP contribution in [0.3, 0.4) is 0 Å². The van der Waals surface area contributed by atoms with Crippen molar-refractivity contribution in [3.05, 3.63) is 18.2 Å². The summed E-state index contributed by atoms with van der Waals surface area (Å²) in [5.74, 6) is -0.175. The number of nitrogens with one attached hydrogen (secondary N) is 1. The third-order valence-electron chi connectivity index (χ3n) is 1.48. The van der Waals surface area contributed by atoms with Crippen LogP contribution in [0.5, 0.6) is 0 Å². The number of imidazole rings is 1. The van der Waals surface area contributed by atoms with Gasteiger partial charge in [-0.05, 0) is 0 Å². The summed E-state index contributed by atoms with van der Waals surface area (Å²) in [6.07, 6.45) is 3.27. The van der Waals surface area contributed by atoms with Crippen molar-refractivity contribution in [1.29, 1.82) is 0 Å². The summed E-state index contributed by atoms with van der Waals surface area (Å²) < 4.78 is 1.78. The van der Waals surface area contributed by atoms with Crippen molar-refractivity contribution in [2.75, 3.05) is 13.6 Å². The zero-order valence-electron chi connectivity index (χ0n) is 6.95. The summed E-state index contributed by atoms with van der Waals surface area (Å²) >= 11 is 0. The van der Waals surface area contributed by atoms with Gasteiger partial charge in [0.2, 0.25) is 0 Å². The Hall–Kier alpha value is -1.36. The number of amides is 1. The number of aromatic nitrogens is 2. The van der Waals surface area contributed by atoms with Crippen LogP contribution >= 0.6 is 0 Å². The monoisotopic (exact) mass is 168 g/mol. The van der Waals surface area contributed by atoms with E-state index >= 15 is 0 Å². The summed E-state index contributed by atoms with van der Waals surface area (Å²) in [6.45, 7) is 1.23. The molecule has 0 radical (unpaired) electrons. The van der Waals surface area contributed by atoms with Gasteiger partial charge in [-0.1, -0.05) is 0 Å². The van der Waals surface area contributed by atoms with E-state index in [1.165, 1.54) is 0 Å². The number of carbonyl (C=O) groups is 1. The minimum absolute atomic E-state index is 0.175. The summed E-state index contributed by atoms with van der Waals surface area (Å²) in [6, 6.07) is 0. The highest BCUT2D eigenvalue weighted by atomic mass is 16.1. The van der Waals surface area contributed by atoms with Gasteiger partial charge in [0.1, 0.15) is 5.69 Å². The van der Waals surface area contributed by atoms with Gasteiger partial charge < -0.3 is 15.6 Å². The predicted octanol–water partition coefficient (Wildman–Crippen LogP) is -0.799. The van der Waals surface area contributed by atoms with Crippen LogP contribution in [0.2, 0.25) is 0 Å². The first-order valence-electron chi connectivity index (χ1n) is 3.72. The Kier molecular flexibility index (Phi) is 2.82. The lowest BCUT2D eigenvalue weighted by molar-refractivity contribution is 0.0958. The fraction of sp³-hybridized carbons (Fsp3) is 0.429. The highest BCUT2D eigenvalue weighted by Gasteiger charge is 2.05. The van der Waals surface area contributed by atoms with Crippen LogP contribution in [-0.4, -0.2) is 29.1 Å². The smallest absolute Gasteiger partial charge is 0.271 e. The third kappa shape index (κ3) is 1.82. The van der Waals surface area contributed by atoms with Gasteiger partial charge in [0.25, 0.3) is 5.91 Å². The van der Waals surface area contributed by atoms with Gasteiger partial charge in [0.15, 0.2) is 0 Å². The van der Waals surface area contributed by atoms with Gasteiger partial charge in [-0.25, -0.2) is 4.98 Å². The van der Waals surface area contributed by atoms with Crippen molar-refractivity contribution in [2.24, 2.45) is 5.73 Å². The lowest BCUT2D eigenvalue weighted by Gasteiger charge is -1.95. The molecule has 0 unspecified atom stereocenters. The highest BCUT2D eigenvalue weighted by Crippen LogP contribution is 1.94. The van der Waals surface area contributed by atoms with Crippen LogP contribution in [0.1, 0.15) is 10.5 Å². The molecule has 0 aliphatic carbocycles. The summed E-state index contributed by atoms with van der Waals surface area (Å²) in [5.41, 5.74) is 5.75. The van der Waals surface area contributed by atoms with Crippen molar-refractivity contribution in [3.8, 4) is 0 Å². The maximum atomic E-state index is 11.0. The molecule has 0 bridgehead atoms. The average Bonchev–Trinajstić information content (AvgIpc) is 2.52. The molecular formula is C7H12N4O. The van der Waals surface area contributed by atoms with Crippen LogP contribution in [-0.2, 0) is 6.54 Å². The first-order chi connectivity index (χ1) is 5.77. The van der Waals surface area contributed by atoms with E-state index in [-0.39, 0.29) is 5.91 Å². The number of hydrogen-bond donors (Lipinski definition) is 2. The van der Waals surface area contributed by atoms with Gasteiger partial charge in [-0.15, -0.1) is 0 Å². The number of carbonyl (C=O) groups excluding carboxylic acids is 1. The van der Waals surface area contributed by atoms with Crippen molar-refractivity contribution < 1.29 is 4.79 Å². The fourth-order valence-electron chi connectivity index (χ4n) is 0.877. The topological polar surface area (TPSA) is 72.9 Å². The van der Waals surface area contributed by atoms with E-state index in [4.69, 9.17) is 5.73 Å². The van der Waals surface area contributed by atoms with Gasteiger partial charge in [-0.2, -0.15) is 0 Å². The van der Waals surface area contributed by atoms with Crippen molar-refractivity contribution in [2.45, 2.75) is 6.54 Å². The molecule has 0 atom stereocenters. The zero-order valence-corrected chi connectivity index (χ0v) is 6.95. The van der Waals surface area contributed by atoms with E-state index in [9.17, 15) is 4.79 Å². The Morgan fingerprint density at radius 1 is 1.83 bits per heavy atom. The Bertz CT molecular complexity index is 268. The van der Waals surface area contributed by atoms with Gasteiger partial charge in [0, 0.05) is 26.3 Å². The maximum absolute atomic E-state index is 11.0. The number of hydrogen-bond acceptors (Lipinski definition) is 3. The zero-order chi connectivity index (χ0) is 8.97.